The molecule has 2 heterocycles. The van der Waals surface area contributed by atoms with E-state index in [4.69, 9.17) is 0 Å². The predicted octanol–water partition coefficient (Wildman–Crippen LogP) is 3.32. The van der Waals surface area contributed by atoms with Crippen molar-refractivity contribution in [1.82, 2.24) is 4.90 Å². The highest BCUT2D eigenvalue weighted by Crippen LogP contribution is 2.33. The fourth-order valence-corrected chi connectivity index (χ4v) is 4.05. The first-order chi connectivity index (χ1) is 13.2. The van der Waals surface area contributed by atoms with Gasteiger partial charge in [0.15, 0.2) is 0 Å². The Bertz CT molecular complexity index is 786. The Morgan fingerprint density at radius 3 is 2.30 bits per heavy atom. The Kier molecular flexibility index (Phi) is 5.39. The fraction of sp³-hybridized carbons (Fsp3) is 0.409. The van der Waals surface area contributed by atoms with Crippen LogP contribution in [0, 0.1) is 5.82 Å². The van der Waals surface area contributed by atoms with Gasteiger partial charge in [-0.1, -0.05) is 24.3 Å². The molecule has 27 heavy (non-hydrogen) atoms. The highest BCUT2D eigenvalue weighted by Gasteiger charge is 2.26. The molecular weight excluding hydrogens is 341 g/mol. The van der Waals surface area contributed by atoms with Crippen LogP contribution in [-0.4, -0.2) is 50.1 Å². The standard InChI is InChI=1S/C22H26FN3O/c23-19-9-7-18(8-10-19)17-22(27)26-16-15-25(14-13-24-11-3-4-12-24)20-5-1-2-6-21(20)26/h1-2,5-10H,3-4,11-17H2. The van der Waals surface area contributed by atoms with E-state index in [-0.39, 0.29) is 11.7 Å². The molecule has 1 fully saturated rings. The quantitative estimate of drug-likeness (QED) is 0.811. The molecule has 0 N–H and O–H groups in total. The number of likely N-dealkylation sites (tertiary alicyclic amines) is 1. The summed E-state index contributed by atoms with van der Waals surface area (Å²) in [4.78, 5) is 19.7. The SMILES string of the molecule is O=C(Cc1ccc(F)cc1)N1CCN(CCN2CCCC2)c2ccccc21. The van der Waals surface area contributed by atoms with Crippen LogP contribution in [0.4, 0.5) is 15.8 Å². The smallest absolute Gasteiger partial charge is 0.231 e. The van der Waals surface area contributed by atoms with Crippen LogP contribution in [0.25, 0.3) is 0 Å². The number of rotatable bonds is 5. The average molecular weight is 367 g/mol. The third kappa shape index (κ3) is 4.14. The Labute approximate surface area is 160 Å². The van der Waals surface area contributed by atoms with Crippen LogP contribution in [0.1, 0.15) is 18.4 Å². The molecule has 2 aromatic rings. The van der Waals surface area contributed by atoms with Crippen molar-refractivity contribution in [2.75, 3.05) is 49.1 Å². The lowest BCUT2D eigenvalue weighted by atomic mass is 10.1. The summed E-state index contributed by atoms with van der Waals surface area (Å²) in [6, 6.07) is 14.4. The molecule has 142 valence electrons. The second kappa shape index (κ2) is 8.09. The van der Waals surface area contributed by atoms with Gasteiger partial charge < -0.3 is 14.7 Å². The zero-order valence-electron chi connectivity index (χ0n) is 15.6. The highest BCUT2D eigenvalue weighted by atomic mass is 19.1. The van der Waals surface area contributed by atoms with Crippen molar-refractivity contribution >= 4 is 17.3 Å². The molecule has 4 rings (SSSR count). The van der Waals surface area contributed by atoms with E-state index < -0.39 is 0 Å². The number of para-hydroxylation sites is 2. The summed E-state index contributed by atoms with van der Waals surface area (Å²) in [5, 5.41) is 0. The van der Waals surface area contributed by atoms with Crippen molar-refractivity contribution in [2.45, 2.75) is 19.3 Å². The van der Waals surface area contributed by atoms with E-state index in [0.29, 0.717) is 13.0 Å². The first kappa shape index (κ1) is 18.0. The highest BCUT2D eigenvalue weighted by molar-refractivity contribution is 5.98. The van der Waals surface area contributed by atoms with Gasteiger partial charge in [0.2, 0.25) is 5.91 Å². The molecule has 2 aromatic carbocycles. The summed E-state index contributed by atoms with van der Waals surface area (Å²) in [5.41, 5.74) is 2.96. The van der Waals surface area contributed by atoms with Gasteiger partial charge in [0.05, 0.1) is 17.8 Å². The van der Waals surface area contributed by atoms with Gasteiger partial charge in [0.1, 0.15) is 5.82 Å². The minimum Gasteiger partial charge on any atom is -0.367 e. The Morgan fingerprint density at radius 1 is 0.852 bits per heavy atom. The Hall–Kier alpha value is -2.40. The molecule has 4 nitrogen and oxygen atoms in total. The normalized spacial score (nSPS) is 17.2. The molecule has 1 saturated heterocycles. The number of fused-ring (bicyclic) bond motifs is 1. The van der Waals surface area contributed by atoms with Gasteiger partial charge in [-0.05, 0) is 55.8 Å². The summed E-state index contributed by atoms with van der Waals surface area (Å²) in [6.07, 6.45) is 2.91. The summed E-state index contributed by atoms with van der Waals surface area (Å²) in [5.74, 6) is -0.212. The maximum absolute atomic E-state index is 13.1. The van der Waals surface area contributed by atoms with Crippen LogP contribution in [0.5, 0.6) is 0 Å². The first-order valence-electron chi connectivity index (χ1n) is 9.82. The molecule has 0 bridgehead atoms. The molecule has 0 atom stereocenters. The van der Waals surface area contributed by atoms with Crippen LogP contribution in [0.2, 0.25) is 0 Å². The monoisotopic (exact) mass is 367 g/mol. The lowest BCUT2D eigenvalue weighted by Crippen LogP contribution is -2.46. The molecule has 0 unspecified atom stereocenters. The molecule has 1 amide bonds. The molecule has 0 radical (unpaired) electrons. The lowest BCUT2D eigenvalue weighted by Gasteiger charge is -2.38. The second-order valence-electron chi connectivity index (χ2n) is 7.37. The number of anilines is 2. The predicted molar refractivity (Wildman–Crippen MR) is 107 cm³/mol. The lowest BCUT2D eigenvalue weighted by molar-refractivity contribution is -0.118. The molecule has 0 saturated carbocycles. The van der Waals surface area contributed by atoms with E-state index in [1.165, 1.54) is 38.1 Å². The third-order valence-electron chi connectivity index (χ3n) is 5.56. The largest absolute Gasteiger partial charge is 0.367 e. The van der Waals surface area contributed by atoms with Crippen molar-refractivity contribution in [2.24, 2.45) is 0 Å². The van der Waals surface area contributed by atoms with Crippen molar-refractivity contribution in [1.29, 1.82) is 0 Å². The zero-order chi connectivity index (χ0) is 18.6. The van der Waals surface area contributed by atoms with E-state index in [0.717, 1.165) is 36.6 Å². The van der Waals surface area contributed by atoms with Crippen LogP contribution < -0.4 is 9.80 Å². The van der Waals surface area contributed by atoms with Crippen molar-refractivity contribution in [3.8, 4) is 0 Å². The van der Waals surface area contributed by atoms with Crippen LogP contribution >= 0.6 is 0 Å². The number of nitrogens with zero attached hydrogens (tertiary/aromatic N) is 3. The van der Waals surface area contributed by atoms with Gasteiger partial charge in [0, 0.05) is 26.2 Å². The minimum atomic E-state index is -0.275. The summed E-state index contributed by atoms with van der Waals surface area (Å²) < 4.78 is 13.1. The summed E-state index contributed by atoms with van der Waals surface area (Å²) >= 11 is 0. The maximum atomic E-state index is 13.1. The number of amides is 1. The van der Waals surface area contributed by atoms with Crippen molar-refractivity contribution in [3.05, 3.63) is 59.9 Å². The summed E-state index contributed by atoms with van der Waals surface area (Å²) in [7, 11) is 0. The van der Waals surface area contributed by atoms with Gasteiger partial charge in [-0.2, -0.15) is 0 Å². The number of hydrogen-bond donors (Lipinski definition) is 0. The molecule has 0 spiro atoms. The number of carbonyl (C=O) groups excluding carboxylic acids is 1. The van der Waals surface area contributed by atoms with Gasteiger partial charge in [-0.3, -0.25) is 4.79 Å². The van der Waals surface area contributed by atoms with Crippen molar-refractivity contribution in [3.63, 3.8) is 0 Å². The molecule has 5 heteroatoms. The first-order valence-corrected chi connectivity index (χ1v) is 9.82. The van der Waals surface area contributed by atoms with Gasteiger partial charge in [0.25, 0.3) is 0 Å². The minimum absolute atomic E-state index is 0.0632. The Balaban J connectivity index is 1.46. The molecular formula is C22H26FN3O. The van der Waals surface area contributed by atoms with Gasteiger partial charge in [-0.25, -0.2) is 4.39 Å². The van der Waals surface area contributed by atoms with Crippen LogP contribution in [0.15, 0.2) is 48.5 Å². The van der Waals surface area contributed by atoms with Crippen LogP contribution in [0.3, 0.4) is 0 Å². The fourth-order valence-electron chi connectivity index (χ4n) is 4.05. The molecule has 0 aliphatic carbocycles. The number of hydrogen-bond acceptors (Lipinski definition) is 3. The summed E-state index contributed by atoms with van der Waals surface area (Å²) in [6.45, 7) is 6.03. The van der Waals surface area contributed by atoms with E-state index in [2.05, 4.69) is 15.9 Å². The van der Waals surface area contributed by atoms with E-state index in [9.17, 15) is 9.18 Å². The molecule has 2 aliphatic rings. The molecule has 0 aromatic heterocycles. The van der Waals surface area contributed by atoms with Crippen LogP contribution in [-0.2, 0) is 11.2 Å². The van der Waals surface area contributed by atoms with Gasteiger partial charge in [-0.15, -0.1) is 0 Å². The van der Waals surface area contributed by atoms with E-state index >= 15 is 0 Å². The molecule has 2 aliphatic heterocycles. The Morgan fingerprint density at radius 2 is 1.56 bits per heavy atom. The zero-order valence-corrected chi connectivity index (χ0v) is 15.6. The maximum Gasteiger partial charge on any atom is 0.231 e. The van der Waals surface area contributed by atoms with Crippen molar-refractivity contribution < 1.29 is 9.18 Å². The number of carbonyl (C=O) groups is 1. The number of halogens is 1. The second-order valence-corrected chi connectivity index (χ2v) is 7.37. The third-order valence-corrected chi connectivity index (χ3v) is 5.56. The number of benzene rings is 2. The van der Waals surface area contributed by atoms with E-state index in [1.54, 1.807) is 12.1 Å². The average Bonchev–Trinajstić information content (AvgIpc) is 3.21. The van der Waals surface area contributed by atoms with E-state index in [1.807, 2.05) is 23.1 Å². The topological polar surface area (TPSA) is 26.8 Å². The van der Waals surface area contributed by atoms with Gasteiger partial charge >= 0.3 is 0 Å².